The Bertz CT molecular complexity index is 725. The Morgan fingerprint density at radius 1 is 1.38 bits per heavy atom. The second-order valence-corrected chi connectivity index (χ2v) is 6.60. The van der Waals surface area contributed by atoms with Crippen molar-refractivity contribution >= 4 is 5.91 Å². The maximum atomic E-state index is 12.6. The number of rotatable bonds is 6. The number of amides is 1. The monoisotopic (exact) mass is 355 g/mol. The number of nitrogens with zero attached hydrogens (tertiary/aromatic N) is 5. The summed E-state index contributed by atoms with van der Waals surface area (Å²) in [5.41, 5.74) is 2.05. The maximum Gasteiger partial charge on any atom is 0.224 e. The van der Waals surface area contributed by atoms with Crippen LogP contribution >= 0.6 is 0 Å². The van der Waals surface area contributed by atoms with Gasteiger partial charge in [-0.1, -0.05) is 6.07 Å². The van der Waals surface area contributed by atoms with E-state index >= 15 is 0 Å². The number of aryl methyl sites for hydroxylation is 1. The molecule has 3 heterocycles. The van der Waals surface area contributed by atoms with Gasteiger partial charge >= 0.3 is 0 Å². The third-order valence-electron chi connectivity index (χ3n) is 4.40. The number of carbonyl (C=O) groups is 1. The standard InChI is InChI=1S/C19H25N5O2/c1-15-5-8-21-19(22-15)17-14-24(10-11-26-17)18(25)6-9-23(2)13-16-4-3-7-20-12-16/h3-5,7-8,12,17H,6,9-11,13-14H2,1-2H3. The second kappa shape index (κ2) is 8.82. The summed E-state index contributed by atoms with van der Waals surface area (Å²) in [5.74, 6) is 0.792. The van der Waals surface area contributed by atoms with Crippen LogP contribution in [0.5, 0.6) is 0 Å². The number of morpholine rings is 1. The van der Waals surface area contributed by atoms with E-state index in [1.54, 1.807) is 12.4 Å². The Labute approximate surface area is 154 Å². The first kappa shape index (κ1) is 18.4. The smallest absolute Gasteiger partial charge is 0.224 e. The van der Waals surface area contributed by atoms with E-state index in [9.17, 15) is 4.79 Å². The van der Waals surface area contributed by atoms with E-state index in [1.807, 2.05) is 43.3 Å². The van der Waals surface area contributed by atoms with Crippen LogP contribution in [0.1, 0.15) is 29.6 Å². The zero-order chi connectivity index (χ0) is 18.4. The quantitative estimate of drug-likeness (QED) is 0.784. The third kappa shape index (κ3) is 5.06. The molecule has 2 aromatic rings. The minimum Gasteiger partial charge on any atom is -0.367 e. The lowest BCUT2D eigenvalue weighted by Crippen LogP contribution is -2.43. The lowest BCUT2D eigenvalue weighted by atomic mass is 10.2. The first-order valence-electron chi connectivity index (χ1n) is 8.88. The molecule has 0 aromatic carbocycles. The van der Waals surface area contributed by atoms with Crippen LogP contribution in [-0.2, 0) is 16.1 Å². The molecule has 0 aliphatic carbocycles. The van der Waals surface area contributed by atoms with Crippen molar-refractivity contribution in [3.63, 3.8) is 0 Å². The minimum absolute atomic E-state index is 0.143. The largest absolute Gasteiger partial charge is 0.367 e. The fraction of sp³-hybridized carbons (Fsp3) is 0.474. The highest BCUT2D eigenvalue weighted by molar-refractivity contribution is 5.76. The fourth-order valence-corrected chi connectivity index (χ4v) is 2.98. The molecule has 7 heteroatoms. The van der Waals surface area contributed by atoms with Crippen molar-refractivity contribution in [1.29, 1.82) is 0 Å². The molecular weight excluding hydrogens is 330 g/mol. The number of aromatic nitrogens is 3. The average Bonchev–Trinajstić information content (AvgIpc) is 2.67. The van der Waals surface area contributed by atoms with E-state index in [4.69, 9.17) is 4.74 Å². The highest BCUT2D eigenvalue weighted by Gasteiger charge is 2.27. The van der Waals surface area contributed by atoms with Gasteiger partial charge in [0.05, 0.1) is 13.2 Å². The molecular formula is C19H25N5O2. The number of hydrogen-bond donors (Lipinski definition) is 0. The first-order chi connectivity index (χ1) is 12.6. The summed E-state index contributed by atoms with van der Waals surface area (Å²) in [6.45, 7) is 5.05. The molecule has 0 spiro atoms. The van der Waals surface area contributed by atoms with Gasteiger partial charge in [-0.05, 0) is 31.7 Å². The third-order valence-corrected chi connectivity index (χ3v) is 4.40. The summed E-state index contributed by atoms with van der Waals surface area (Å²) in [5, 5.41) is 0. The Kier molecular flexibility index (Phi) is 6.25. The van der Waals surface area contributed by atoms with E-state index in [2.05, 4.69) is 19.9 Å². The van der Waals surface area contributed by atoms with Crippen LogP contribution in [0.3, 0.4) is 0 Å². The van der Waals surface area contributed by atoms with Gasteiger partial charge in [-0.25, -0.2) is 9.97 Å². The van der Waals surface area contributed by atoms with Crippen molar-refractivity contribution in [2.45, 2.75) is 26.0 Å². The zero-order valence-electron chi connectivity index (χ0n) is 15.3. The lowest BCUT2D eigenvalue weighted by molar-refractivity contribution is -0.139. The number of pyridine rings is 1. The number of ether oxygens (including phenoxy) is 1. The molecule has 7 nitrogen and oxygen atoms in total. The second-order valence-electron chi connectivity index (χ2n) is 6.60. The molecule has 1 saturated heterocycles. The molecule has 2 aromatic heterocycles. The van der Waals surface area contributed by atoms with Crippen molar-refractivity contribution in [2.24, 2.45) is 0 Å². The molecule has 1 atom stereocenters. The molecule has 3 rings (SSSR count). The molecule has 26 heavy (non-hydrogen) atoms. The predicted molar refractivity (Wildman–Crippen MR) is 97.2 cm³/mol. The summed E-state index contributed by atoms with van der Waals surface area (Å²) in [6.07, 6.45) is 5.58. The Hall–Kier alpha value is -2.38. The van der Waals surface area contributed by atoms with Gasteiger partial charge in [0.2, 0.25) is 5.91 Å². The predicted octanol–water partition coefficient (Wildman–Crippen LogP) is 1.60. The van der Waals surface area contributed by atoms with E-state index in [-0.39, 0.29) is 12.0 Å². The van der Waals surface area contributed by atoms with Crippen LogP contribution in [0.25, 0.3) is 0 Å². The van der Waals surface area contributed by atoms with Gasteiger partial charge in [0.1, 0.15) is 6.10 Å². The fourth-order valence-electron chi connectivity index (χ4n) is 2.98. The van der Waals surface area contributed by atoms with Crippen LogP contribution in [0.4, 0.5) is 0 Å². The van der Waals surface area contributed by atoms with Crippen molar-refractivity contribution in [3.05, 3.63) is 53.9 Å². The van der Waals surface area contributed by atoms with Crippen LogP contribution in [0.2, 0.25) is 0 Å². The van der Waals surface area contributed by atoms with Gasteiger partial charge in [0.25, 0.3) is 0 Å². The molecule has 138 valence electrons. The highest BCUT2D eigenvalue weighted by atomic mass is 16.5. The lowest BCUT2D eigenvalue weighted by Gasteiger charge is -2.32. The first-order valence-corrected chi connectivity index (χ1v) is 8.88. The molecule has 1 aliphatic heterocycles. The molecule has 1 unspecified atom stereocenters. The van der Waals surface area contributed by atoms with Crippen LogP contribution in [0.15, 0.2) is 36.8 Å². The summed E-state index contributed by atoms with van der Waals surface area (Å²) < 4.78 is 5.77. The molecule has 1 amide bonds. The molecule has 0 radical (unpaired) electrons. The highest BCUT2D eigenvalue weighted by Crippen LogP contribution is 2.19. The van der Waals surface area contributed by atoms with Crippen LogP contribution in [0, 0.1) is 6.92 Å². The number of carbonyl (C=O) groups excluding carboxylic acids is 1. The normalized spacial score (nSPS) is 17.5. The summed E-state index contributed by atoms with van der Waals surface area (Å²) in [4.78, 5) is 29.4. The molecule has 1 aliphatic rings. The minimum atomic E-state index is -0.249. The SMILES string of the molecule is Cc1ccnc(C2CN(C(=O)CCN(C)Cc3cccnc3)CCO2)n1. The summed E-state index contributed by atoms with van der Waals surface area (Å²) in [7, 11) is 2.02. The van der Waals surface area contributed by atoms with Crippen molar-refractivity contribution in [1.82, 2.24) is 24.8 Å². The summed E-state index contributed by atoms with van der Waals surface area (Å²) >= 11 is 0. The van der Waals surface area contributed by atoms with E-state index in [0.29, 0.717) is 38.5 Å². The molecule has 0 saturated carbocycles. The number of hydrogen-bond acceptors (Lipinski definition) is 6. The average molecular weight is 355 g/mol. The molecule has 0 N–H and O–H groups in total. The summed E-state index contributed by atoms with van der Waals surface area (Å²) in [6, 6.07) is 5.82. The van der Waals surface area contributed by atoms with Crippen LogP contribution in [-0.4, -0.2) is 63.9 Å². The maximum absolute atomic E-state index is 12.6. The Morgan fingerprint density at radius 2 is 2.27 bits per heavy atom. The van der Waals surface area contributed by atoms with Gasteiger partial charge in [-0.15, -0.1) is 0 Å². The van der Waals surface area contributed by atoms with Gasteiger partial charge in [0, 0.05) is 50.3 Å². The van der Waals surface area contributed by atoms with Crippen molar-refractivity contribution in [3.8, 4) is 0 Å². The van der Waals surface area contributed by atoms with Gasteiger partial charge < -0.3 is 14.5 Å². The Morgan fingerprint density at radius 3 is 3.04 bits per heavy atom. The topological polar surface area (TPSA) is 71.5 Å². The molecule has 0 bridgehead atoms. The van der Waals surface area contributed by atoms with Crippen molar-refractivity contribution in [2.75, 3.05) is 33.3 Å². The van der Waals surface area contributed by atoms with Gasteiger partial charge in [-0.2, -0.15) is 0 Å². The van der Waals surface area contributed by atoms with Crippen LogP contribution < -0.4 is 0 Å². The van der Waals surface area contributed by atoms with Crippen molar-refractivity contribution < 1.29 is 9.53 Å². The molecule has 1 fully saturated rings. The van der Waals surface area contributed by atoms with E-state index in [0.717, 1.165) is 17.8 Å². The van der Waals surface area contributed by atoms with Gasteiger partial charge in [-0.3, -0.25) is 9.78 Å². The van der Waals surface area contributed by atoms with Gasteiger partial charge in [0.15, 0.2) is 5.82 Å². The van der Waals surface area contributed by atoms with E-state index in [1.165, 1.54) is 0 Å². The Balaban J connectivity index is 1.49. The van der Waals surface area contributed by atoms with E-state index < -0.39 is 0 Å². The zero-order valence-corrected chi connectivity index (χ0v) is 15.3.